The molecular formula is C23H25AsF6O3. The van der Waals surface area contributed by atoms with Crippen molar-refractivity contribution < 1.29 is 40.9 Å². The number of aliphatic hydroxyl groups is 1. The number of benzene rings is 2. The molecule has 0 aliphatic heterocycles. The maximum absolute atomic E-state index is 13.0. The second-order valence-electron chi connectivity index (χ2n) is 8.09. The van der Waals surface area contributed by atoms with E-state index in [9.17, 15) is 31.4 Å². The number of rotatable bonds is 9. The molecule has 3 rings (SSSR count). The SMILES string of the molecule is OC(C[As](CC1CCCC1)c1cccc(OCc2cccc(OC(F)(F)F)c2)c1)C(F)(F)F. The third-order valence-electron chi connectivity index (χ3n) is 5.44. The molecular weight excluding hydrogens is 513 g/mol. The normalized spacial score (nSPS) is 17.1. The van der Waals surface area contributed by atoms with Gasteiger partial charge < -0.3 is 0 Å². The van der Waals surface area contributed by atoms with Gasteiger partial charge >= 0.3 is 193 Å². The van der Waals surface area contributed by atoms with Crippen LogP contribution in [0.1, 0.15) is 31.2 Å². The summed E-state index contributed by atoms with van der Waals surface area (Å²) in [7, 11) is 0. The Morgan fingerprint density at radius 3 is 2.27 bits per heavy atom. The first-order valence-electron chi connectivity index (χ1n) is 10.6. The van der Waals surface area contributed by atoms with Crippen molar-refractivity contribution in [1.82, 2.24) is 0 Å². The van der Waals surface area contributed by atoms with Crippen LogP contribution in [0.5, 0.6) is 11.5 Å². The second-order valence-corrected chi connectivity index (χ2v) is 13.0. The zero-order chi connectivity index (χ0) is 24.1. The van der Waals surface area contributed by atoms with Crippen molar-refractivity contribution in [2.75, 3.05) is 0 Å². The van der Waals surface area contributed by atoms with Crippen molar-refractivity contribution in [2.24, 2.45) is 5.92 Å². The number of alkyl halides is 6. The fourth-order valence-corrected chi connectivity index (χ4v) is 9.73. The minimum absolute atomic E-state index is 0.0285. The van der Waals surface area contributed by atoms with Crippen LogP contribution in [0, 0.1) is 5.92 Å². The summed E-state index contributed by atoms with van der Waals surface area (Å²) >= 11 is -2.24. The van der Waals surface area contributed by atoms with Gasteiger partial charge in [0.25, 0.3) is 0 Å². The summed E-state index contributed by atoms with van der Waals surface area (Å²) in [5, 5.41) is 10.1. The van der Waals surface area contributed by atoms with Crippen molar-refractivity contribution in [3.05, 3.63) is 54.1 Å². The summed E-state index contributed by atoms with van der Waals surface area (Å²) in [5.74, 6) is 0.441. The molecule has 2 aromatic carbocycles. The van der Waals surface area contributed by atoms with E-state index in [0.29, 0.717) is 22.4 Å². The summed E-state index contributed by atoms with van der Waals surface area (Å²) in [5.41, 5.74) is 0.454. The first-order valence-corrected chi connectivity index (χ1v) is 14.2. The van der Waals surface area contributed by atoms with Crippen molar-refractivity contribution in [3.63, 3.8) is 0 Å². The van der Waals surface area contributed by atoms with Crippen LogP contribution in [0.2, 0.25) is 10.4 Å². The van der Waals surface area contributed by atoms with E-state index in [1.807, 2.05) is 0 Å². The first-order chi connectivity index (χ1) is 15.5. The van der Waals surface area contributed by atoms with Crippen LogP contribution in [0.4, 0.5) is 26.3 Å². The number of aliphatic hydroxyl groups excluding tert-OH is 1. The van der Waals surface area contributed by atoms with Crippen LogP contribution in [-0.2, 0) is 6.61 Å². The van der Waals surface area contributed by atoms with E-state index in [1.54, 1.807) is 30.3 Å². The van der Waals surface area contributed by atoms with Crippen LogP contribution in [-0.4, -0.2) is 38.4 Å². The molecule has 0 saturated heterocycles. The second kappa shape index (κ2) is 11.0. The van der Waals surface area contributed by atoms with Crippen molar-refractivity contribution >= 4 is 19.0 Å². The Morgan fingerprint density at radius 2 is 1.61 bits per heavy atom. The molecule has 0 spiro atoms. The van der Waals surface area contributed by atoms with Crippen molar-refractivity contribution in [3.8, 4) is 11.5 Å². The number of hydrogen-bond donors (Lipinski definition) is 1. The Hall–Kier alpha value is -1.86. The zero-order valence-corrected chi connectivity index (χ0v) is 19.6. The molecule has 1 saturated carbocycles. The van der Waals surface area contributed by atoms with E-state index >= 15 is 0 Å². The molecule has 2 aromatic rings. The fraction of sp³-hybridized carbons (Fsp3) is 0.478. The van der Waals surface area contributed by atoms with E-state index in [-0.39, 0.29) is 17.6 Å². The minimum atomic E-state index is -4.80. The molecule has 1 N–H and O–H groups in total. The van der Waals surface area contributed by atoms with E-state index < -0.39 is 33.3 Å². The van der Waals surface area contributed by atoms with Gasteiger partial charge in [-0.05, 0) is 0 Å². The summed E-state index contributed by atoms with van der Waals surface area (Å²) < 4.78 is 86.7. The predicted molar refractivity (Wildman–Crippen MR) is 113 cm³/mol. The van der Waals surface area contributed by atoms with E-state index in [1.165, 1.54) is 18.2 Å². The Labute approximate surface area is 193 Å². The summed E-state index contributed by atoms with van der Waals surface area (Å²) in [6.45, 7) is -0.0285. The van der Waals surface area contributed by atoms with Gasteiger partial charge in [0.1, 0.15) is 0 Å². The molecule has 0 aromatic heterocycles. The van der Waals surface area contributed by atoms with Crippen LogP contribution >= 0.6 is 0 Å². The Kier molecular flexibility index (Phi) is 8.62. The number of halogens is 6. The van der Waals surface area contributed by atoms with Gasteiger partial charge in [0.2, 0.25) is 0 Å². The fourth-order valence-electron chi connectivity index (χ4n) is 3.87. The van der Waals surface area contributed by atoms with Gasteiger partial charge in [-0.15, -0.1) is 0 Å². The molecule has 182 valence electrons. The molecule has 3 nitrogen and oxygen atoms in total. The van der Waals surface area contributed by atoms with Gasteiger partial charge in [0.15, 0.2) is 0 Å². The van der Waals surface area contributed by atoms with Crippen LogP contribution in [0.15, 0.2) is 48.5 Å². The molecule has 0 amide bonds. The van der Waals surface area contributed by atoms with Gasteiger partial charge in [0.05, 0.1) is 0 Å². The molecule has 1 aliphatic carbocycles. The van der Waals surface area contributed by atoms with Gasteiger partial charge in [-0.1, -0.05) is 0 Å². The first kappa shape index (κ1) is 25.8. The average molecular weight is 538 g/mol. The molecule has 10 heteroatoms. The molecule has 0 bridgehead atoms. The van der Waals surface area contributed by atoms with Gasteiger partial charge in [-0.2, -0.15) is 0 Å². The maximum atomic E-state index is 13.0. The van der Waals surface area contributed by atoms with Crippen LogP contribution < -0.4 is 13.8 Å². The Bertz CT molecular complexity index is 896. The average Bonchev–Trinajstić information content (AvgIpc) is 3.23. The quantitative estimate of drug-likeness (QED) is 0.316. The summed E-state index contributed by atoms with van der Waals surface area (Å²) in [6.07, 6.45) is -7.64. The molecule has 0 radical (unpaired) electrons. The van der Waals surface area contributed by atoms with Crippen molar-refractivity contribution in [2.45, 2.75) is 61.3 Å². The van der Waals surface area contributed by atoms with Crippen LogP contribution in [0.25, 0.3) is 0 Å². The third-order valence-corrected chi connectivity index (χ3v) is 11.2. The number of hydrogen-bond acceptors (Lipinski definition) is 3. The van der Waals surface area contributed by atoms with Crippen LogP contribution in [0.3, 0.4) is 0 Å². The third kappa shape index (κ3) is 8.45. The molecule has 2 atom stereocenters. The summed E-state index contributed by atoms with van der Waals surface area (Å²) in [4.78, 5) is 0. The molecule has 33 heavy (non-hydrogen) atoms. The summed E-state index contributed by atoms with van der Waals surface area (Å²) in [6, 6.07) is 12.2. The van der Waals surface area contributed by atoms with Gasteiger partial charge in [0, 0.05) is 0 Å². The Morgan fingerprint density at radius 1 is 0.939 bits per heavy atom. The topological polar surface area (TPSA) is 38.7 Å². The number of ether oxygens (including phenoxy) is 2. The standard InChI is InChI=1S/C23H25AsF6O3/c25-22(26,27)21(31)14-24(13-16-5-1-2-6-16)18-8-4-9-19(12-18)32-15-17-7-3-10-20(11-17)33-23(28,29)30/h3-4,7-12,16,21,31H,1-2,5-6,13-15H2. The predicted octanol–water partition coefficient (Wildman–Crippen LogP) is 5.98. The van der Waals surface area contributed by atoms with E-state index in [0.717, 1.165) is 30.0 Å². The van der Waals surface area contributed by atoms with Crippen molar-refractivity contribution in [1.29, 1.82) is 0 Å². The zero-order valence-electron chi connectivity index (χ0n) is 17.7. The monoisotopic (exact) mass is 538 g/mol. The molecule has 2 unspecified atom stereocenters. The molecule has 1 fully saturated rings. The molecule has 1 aliphatic rings. The molecule has 0 heterocycles. The van der Waals surface area contributed by atoms with Gasteiger partial charge in [-0.25, -0.2) is 0 Å². The van der Waals surface area contributed by atoms with Gasteiger partial charge in [-0.3, -0.25) is 0 Å². The van der Waals surface area contributed by atoms with E-state index in [2.05, 4.69) is 4.74 Å². The van der Waals surface area contributed by atoms with E-state index in [4.69, 9.17) is 4.74 Å². The Balaban J connectivity index is 1.70.